The lowest BCUT2D eigenvalue weighted by Gasteiger charge is -2.20. The van der Waals surface area contributed by atoms with E-state index in [0.717, 1.165) is 0 Å². The van der Waals surface area contributed by atoms with Crippen LogP contribution >= 0.6 is 0 Å². The maximum atomic E-state index is 12.9. The molecule has 0 aromatic heterocycles. The number of sulfone groups is 1. The Bertz CT molecular complexity index is 978. The van der Waals surface area contributed by atoms with Gasteiger partial charge >= 0.3 is 6.03 Å². The molecule has 1 aliphatic rings. The van der Waals surface area contributed by atoms with Gasteiger partial charge in [0.1, 0.15) is 10.6 Å². The molecule has 1 aromatic carbocycles. The molecule has 9 nitrogen and oxygen atoms in total. The average Bonchev–Trinajstić information content (AvgIpc) is 3.50. The number of anilines is 1. The van der Waals surface area contributed by atoms with E-state index in [-0.39, 0.29) is 29.9 Å². The first-order chi connectivity index (χ1) is 14.5. The third-order valence-corrected chi connectivity index (χ3v) is 7.91. The fourth-order valence-electron chi connectivity index (χ4n) is 3.07. The van der Waals surface area contributed by atoms with Gasteiger partial charge in [0.15, 0.2) is 9.84 Å². The summed E-state index contributed by atoms with van der Waals surface area (Å²) >= 11 is 0. The van der Waals surface area contributed by atoms with Gasteiger partial charge in [-0.3, -0.25) is 0 Å². The SMILES string of the molecule is C=C(N)/C=C(\N=C(/N)c1ccc(NC(=O)NCCCO)cc1)C1(S(=O)(=O)C(C)C)CC1. The lowest BCUT2D eigenvalue weighted by molar-refractivity contribution is 0.249. The van der Waals surface area contributed by atoms with Crippen LogP contribution in [0.1, 0.15) is 38.7 Å². The number of amides is 2. The first-order valence-electron chi connectivity index (χ1n) is 10.0. The van der Waals surface area contributed by atoms with Crippen LogP contribution in [-0.4, -0.2) is 48.5 Å². The van der Waals surface area contributed by atoms with Crippen molar-refractivity contribution < 1.29 is 18.3 Å². The number of aliphatic hydroxyl groups is 1. The van der Waals surface area contributed by atoms with Crippen LogP contribution in [0, 0.1) is 0 Å². The Hall–Kier alpha value is -2.85. The van der Waals surface area contributed by atoms with E-state index in [4.69, 9.17) is 16.6 Å². The molecule has 10 heteroatoms. The molecule has 1 aliphatic carbocycles. The number of rotatable bonds is 10. The lowest BCUT2D eigenvalue weighted by atomic mass is 10.2. The van der Waals surface area contributed by atoms with Gasteiger partial charge in [0.05, 0.1) is 10.9 Å². The molecule has 0 saturated heterocycles. The maximum Gasteiger partial charge on any atom is 0.319 e. The Morgan fingerprint density at radius 3 is 2.39 bits per heavy atom. The Kier molecular flexibility index (Phi) is 7.85. The van der Waals surface area contributed by atoms with E-state index in [1.807, 2.05) is 0 Å². The van der Waals surface area contributed by atoms with Crippen LogP contribution in [0.4, 0.5) is 10.5 Å². The van der Waals surface area contributed by atoms with E-state index in [1.165, 1.54) is 6.08 Å². The van der Waals surface area contributed by atoms with Crippen LogP contribution in [0.5, 0.6) is 0 Å². The molecule has 0 heterocycles. The van der Waals surface area contributed by atoms with Gasteiger partial charge in [0.25, 0.3) is 0 Å². The first kappa shape index (κ1) is 24.4. The summed E-state index contributed by atoms with van der Waals surface area (Å²) in [7, 11) is -3.47. The van der Waals surface area contributed by atoms with Crippen molar-refractivity contribution in [2.45, 2.75) is 43.1 Å². The minimum atomic E-state index is -3.47. The summed E-state index contributed by atoms with van der Waals surface area (Å²) < 4.78 is 24.7. The number of nitrogens with zero attached hydrogens (tertiary/aromatic N) is 1. The summed E-state index contributed by atoms with van der Waals surface area (Å²) in [6.45, 7) is 7.29. The number of carbonyl (C=O) groups excluding carboxylic acids is 1. The summed E-state index contributed by atoms with van der Waals surface area (Å²) in [6.07, 6.45) is 2.85. The summed E-state index contributed by atoms with van der Waals surface area (Å²) in [5.41, 5.74) is 13.5. The minimum Gasteiger partial charge on any atom is -0.399 e. The van der Waals surface area contributed by atoms with Crippen LogP contribution in [-0.2, 0) is 9.84 Å². The van der Waals surface area contributed by atoms with E-state index in [9.17, 15) is 13.2 Å². The number of hydrogen-bond donors (Lipinski definition) is 5. The second-order valence-corrected chi connectivity index (χ2v) is 10.5. The number of hydrogen-bond acceptors (Lipinski definition) is 6. The smallest absolute Gasteiger partial charge is 0.319 e. The second kappa shape index (κ2) is 9.97. The number of carbonyl (C=O) groups is 1. The summed E-state index contributed by atoms with van der Waals surface area (Å²) in [6, 6.07) is 6.28. The highest BCUT2D eigenvalue weighted by Gasteiger charge is 2.58. The van der Waals surface area contributed by atoms with Crippen molar-refractivity contribution in [3.05, 3.63) is 53.9 Å². The molecule has 1 saturated carbocycles. The van der Waals surface area contributed by atoms with Gasteiger partial charge in [-0.05, 0) is 63.5 Å². The van der Waals surface area contributed by atoms with Crippen molar-refractivity contribution in [3.63, 3.8) is 0 Å². The average molecular weight is 450 g/mol. The van der Waals surface area contributed by atoms with Crippen molar-refractivity contribution >= 4 is 27.4 Å². The maximum absolute atomic E-state index is 12.9. The Labute approximate surface area is 183 Å². The van der Waals surface area contributed by atoms with Gasteiger partial charge in [0.2, 0.25) is 0 Å². The number of nitrogens with two attached hydrogens (primary N) is 2. The number of allylic oxidation sites excluding steroid dienone is 1. The van der Waals surface area contributed by atoms with Crippen LogP contribution < -0.4 is 22.1 Å². The van der Waals surface area contributed by atoms with Crippen molar-refractivity contribution in [1.82, 2.24) is 5.32 Å². The molecule has 0 bridgehead atoms. The van der Waals surface area contributed by atoms with E-state index in [0.29, 0.717) is 37.1 Å². The van der Waals surface area contributed by atoms with Crippen molar-refractivity contribution in [2.24, 2.45) is 16.5 Å². The zero-order valence-electron chi connectivity index (χ0n) is 17.9. The number of amidine groups is 1. The van der Waals surface area contributed by atoms with Gasteiger partial charge in [-0.2, -0.15) is 0 Å². The molecule has 1 fully saturated rings. The number of aliphatic hydroxyl groups excluding tert-OH is 1. The topological polar surface area (TPSA) is 160 Å². The van der Waals surface area contributed by atoms with Gasteiger partial charge < -0.3 is 27.2 Å². The first-order valence-corrected chi connectivity index (χ1v) is 11.6. The molecule has 0 aliphatic heterocycles. The molecule has 0 atom stereocenters. The van der Waals surface area contributed by atoms with E-state index in [2.05, 4.69) is 22.2 Å². The van der Waals surface area contributed by atoms with E-state index in [1.54, 1.807) is 38.1 Å². The zero-order chi connectivity index (χ0) is 23.2. The Morgan fingerprint density at radius 2 is 1.90 bits per heavy atom. The quantitative estimate of drug-likeness (QED) is 0.158. The number of aliphatic imine (C=N–C) groups is 1. The zero-order valence-corrected chi connectivity index (χ0v) is 18.7. The van der Waals surface area contributed by atoms with Gasteiger partial charge in [-0.15, -0.1) is 0 Å². The molecular weight excluding hydrogens is 418 g/mol. The van der Waals surface area contributed by atoms with E-state index < -0.39 is 19.8 Å². The largest absolute Gasteiger partial charge is 0.399 e. The monoisotopic (exact) mass is 449 g/mol. The Morgan fingerprint density at radius 1 is 1.29 bits per heavy atom. The van der Waals surface area contributed by atoms with E-state index >= 15 is 0 Å². The van der Waals surface area contributed by atoms with Crippen molar-refractivity contribution in [3.8, 4) is 0 Å². The van der Waals surface area contributed by atoms with Crippen molar-refractivity contribution in [1.29, 1.82) is 0 Å². The normalized spacial score (nSPS) is 16.1. The summed E-state index contributed by atoms with van der Waals surface area (Å²) in [5, 5.41) is 13.5. The highest BCUT2D eigenvalue weighted by Crippen LogP contribution is 2.51. The fraction of sp³-hybridized carbons (Fsp3) is 0.429. The molecule has 0 spiro atoms. The molecule has 1 aromatic rings. The van der Waals surface area contributed by atoms with Gasteiger partial charge in [-0.25, -0.2) is 18.2 Å². The Balaban J connectivity index is 2.23. The summed E-state index contributed by atoms with van der Waals surface area (Å²) in [5.74, 6) is 0.136. The molecule has 31 heavy (non-hydrogen) atoms. The highest BCUT2D eigenvalue weighted by molar-refractivity contribution is 7.93. The summed E-state index contributed by atoms with van der Waals surface area (Å²) in [4.78, 5) is 16.2. The molecule has 0 radical (unpaired) electrons. The third kappa shape index (κ3) is 5.86. The minimum absolute atomic E-state index is 0.00127. The molecular formula is C21H31N5O4S. The number of nitrogens with one attached hydrogen (secondary N) is 2. The van der Waals surface area contributed by atoms with Gasteiger partial charge in [0, 0.05) is 30.1 Å². The number of urea groups is 1. The van der Waals surface area contributed by atoms with Crippen LogP contribution in [0.2, 0.25) is 0 Å². The number of benzene rings is 1. The standard InChI is InChI=1S/C21H31N5O4S/c1-14(2)31(29,30)21(9-10-21)18(13-15(3)22)26-19(23)16-5-7-17(8-6-16)25-20(28)24-11-4-12-27/h5-8,13-14,27H,3-4,9-12,22H2,1-2H3,(H2,23,26)(H2,24,25,28)/b18-13-. The fourth-order valence-corrected chi connectivity index (χ4v) is 5.04. The van der Waals surface area contributed by atoms with Crippen LogP contribution in [0.15, 0.2) is 53.3 Å². The predicted molar refractivity (Wildman–Crippen MR) is 123 cm³/mol. The van der Waals surface area contributed by atoms with Crippen LogP contribution in [0.25, 0.3) is 0 Å². The second-order valence-electron chi connectivity index (χ2n) is 7.73. The highest BCUT2D eigenvalue weighted by atomic mass is 32.2. The molecule has 2 amide bonds. The molecule has 2 rings (SSSR count). The molecule has 0 unspecified atom stereocenters. The van der Waals surface area contributed by atoms with Crippen LogP contribution in [0.3, 0.4) is 0 Å². The van der Waals surface area contributed by atoms with Crippen molar-refractivity contribution in [2.75, 3.05) is 18.5 Å². The predicted octanol–water partition coefficient (Wildman–Crippen LogP) is 1.61. The molecule has 7 N–H and O–H groups in total. The lowest BCUT2D eigenvalue weighted by Crippen LogP contribution is -2.33. The third-order valence-electron chi connectivity index (χ3n) is 4.96. The van der Waals surface area contributed by atoms with Gasteiger partial charge in [-0.1, -0.05) is 6.58 Å². The molecule has 170 valence electrons.